The maximum atomic E-state index is 6.45. The summed E-state index contributed by atoms with van der Waals surface area (Å²) in [6, 6.07) is 11.9. The number of anilines is 2. The van der Waals surface area contributed by atoms with Gasteiger partial charge in [-0.1, -0.05) is 15.9 Å². The summed E-state index contributed by atoms with van der Waals surface area (Å²) in [4.78, 5) is 6.50. The molecule has 0 atom stereocenters. The Kier molecular flexibility index (Phi) is 3.28. The molecule has 0 aliphatic rings. The Morgan fingerprint density at radius 3 is 2.22 bits per heavy atom. The highest BCUT2D eigenvalue weighted by Gasteiger charge is 2.16. The van der Waals surface area contributed by atoms with Gasteiger partial charge in [0.05, 0.1) is 29.5 Å². The maximum absolute atomic E-state index is 6.45. The van der Waals surface area contributed by atoms with Crippen LogP contribution < -0.4 is 15.6 Å². The van der Waals surface area contributed by atoms with Gasteiger partial charge in [0.2, 0.25) is 0 Å². The summed E-state index contributed by atoms with van der Waals surface area (Å²) in [5, 5.41) is 3.78. The number of H-pyrrole nitrogens is 2. The first kappa shape index (κ1) is 14.2. The Balaban J connectivity index is 1.92. The molecule has 0 unspecified atom stereocenters. The topological polar surface area (TPSA) is 70.1 Å². The SMILES string of the molecule is COc1ccc(N(N)c2ccc(Br)c3cc[nH]c23)c2[nH]ccc12. The number of aromatic amines is 2. The highest BCUT2D eigenvalue weighted by atomic mass is 79.9. The van der Waals surface area contributed by atoms with Gasteiger partial charge < -0.3 is 14.7 Å². The number of aromatic nitrogens is 2. The number of halogens is 1. The van der Waals surface area contributed by atoms with E-state index < -0.39 is 0 Å². The number of methoxy groups -OCH3 is 1. The molecule has 6 heteroatoms. The molecule has 0 radical (unpaired) electrons. The van der Waals surface area contributed by atoms with E-state index in [9.17, 15) is 0 Å². The third-order valence-corrected chi connectivity index (χ3v) is 4.74. The van der Waals surface area contributed by atoms with Gasteiger partial charge >= 0.3 is 0 Å². The van der Waals surface area contributed by atoms with Crippen LogP contribution in [0.5, 0.6) is 5.75 Å². The van der Waals surface area contributed by atoms with Crippen LogP contribution >= 0.6 is 15.9 Å². The van der Waals surface area contributed by atoms with E-state index >= 15 is 0 Å². The Morgan fingerprint density at radius 1 is 0.913 bits per heavy atom. The van der Waals surface area contributed by atoms with E-state index in [-0.39, 0.29) is 0 Å². The van der Waals surface area contributed by atoms with Crippen LogP contribution in [0.25, 0.3) is 21.8 Å². The second kappa shape index (κ2) is 5.33. The molecule has 0 amide bonds. The van der Waals surface area contributed by atoms with Gasteiger partial charge in [0.1, 0.15) is 5.75 Å². The van der Waals surface area contributed by atoms with Crippen molar-refractivity contribution in [2.75, 3.05) is 12.1 Å². The van der Waals surface area contributed by atoms with Crippen LogP contribution in [0.15, 0.2) is 53.3 Å². The van der Waals surface area contributed by atoms with Gasteiger partial charge in [-0.25, -0.2) is 5.84 Å². The molecule has 0 aliphatic carbocycles. The monoisotopic (exact) mass is 370 g/mol. The standard InChI is InChI=1S/C17H15BrN4O/c1-23-15-5-4-14(17-11(15)7-9-21-17)22(19)13-3-2-12(18)10-6-8-20-16(10)13/h2-9,20-21H,19H2,1H3. The number of hydrogen-bond donors (Lipinski definition) is 3. The van der Waals surface area contributed by atoms with Crippen molar-refractivity contribution in [2.24, 2.45) is 5.84 Å². The molecule has 0 aliphatic heterocycles. The predicted octanol–water partition coefficient (Wildman–Crippen LogP) is 4.43. The quantitative estimate of drug-likeness (QED) is 0.369. The lowest BCUT2D eigenvalue weighted by Gasteiger charge is -2.21. The predicted molar refractivity (Wildman–Crippen MR) is 97.2 cm³/mol. The van der Waals surface area contributed by atoms with E-state index in [1.807, 2.05) is 48.8 Å². The molecule has 5 nitrogen and oxygen atoms in total. The highest BCUT2D eigenvalue weighted by Crippen LogP contribution is 2.37. The minimum atomic E-state index is 0.819. The Hall–Kier alpha value is -2.44. The average Bonchev–Trinajstić information content (AvgIpc) is 3.23. The minimum absolute atomic E-state index is 0.819. The number of hydrazine groups is 1. The van der Waals surface area contributed by atoms with Gasteiger partial charge in [-0.3, -0.25) is 5.01 Å². The summed E-state index contributed by atoms with van der Waals surface area (Å²) in [7, 11) is 1.67. The number of nitrogens with zero attached hydrogens (tertiary/aromatic N) is 1. The van der Waals surface area contributed by atoms with Crippen molar-refractivity contribution in [1.29, 1.82) is 0 Å². The lowest BCUT2D eigenvalue weighted by Crippen LogP contribution is -2.25. The first-order chi connectivity index (χ1) is 11.2. The third-order valence-electron chi connectivity index (χ3n) is 4.05. The molecule has 0 fully saturated rings. The number of nitrogens with one attached hydrogen (secondary N) is 2. The molecule has 2 aromatic carbocycles. The summed E-state index contributed by atoms with van der Waals surface area (Å²) >= 11 is 3.57. The van der Waals surface area contributed by atoms with Crippen molar-refractivity contribution in [3.05, 3.63) is 53.3 Å². The largest absolute Gasteiger partial charge is 0.496 e. The lowest BCUT2D eigenvalue weighted by atomic mass is 10.1. The van der Waals surface area contributed by atoms with Crippen LogP contribution in [0.2, 0.25) is 0 Å². The summed E-state index contributed by atoms with van der Waals surface area (Å²) in [5.41, 5.74) is 3.70. The smallest absolute Gasteiger partial charge is 0.128 e. The molecule has 0 spiro atoms. The number of rotatable bonds is 3. The molecule has 4 aromatic rings. The maximum Gasteiger partial charge on any atom is 0.128 e. The van der Waals surface area contributed by atoms with Crippen molar-refractivity contribution >= 4 is 49.1 Å². The van der Waals surface area contributed by atoms with Gasteiger partial charge in [0.25, 0.3) is 0 Å². The number of hydrogen-bond acceptors (Lipinski definition) is 3. The molecule has 4 N–H and O–H groups in total. The fraction of sp³-hybridized carbons (Fsp3) is 0.0588. The average molecular weight is 371 g/mol. The van der Waals surface area contributed by atoms with Gasteiger partial charge in [-0.2, -0.15) is 0 Å². The summed E-state index contributed by atoms with van der Waals surface area (Å²) in [6.07, 6.45) is 3.79. The Morgan fingerprint density at radius 2 is 1.52 bits per heavy atom. The summed E-state index contributed by atoms with van der Waals surface area (Å²) in [5.74, 6) is 7.26. The fourth-order valence-electron chi connectivity index (χ4n) is 2.93. The van der Waals surface area contributed by atoms with Crippen LogP contribution in [-0.2, 0) is 0 Å². The van der Waals surface area contributed by atoms with Gasteiger partial charge in [-0.15, -0.1) is 0 Å². The van der Waals surface area contributed by atoms with Crippen molar-refractivity contribution in [3.8, 4) is 5.75 Å². The second-order valence-electron chi connectivity index (χ2n) is 5.26. The molecule has 2 heterocycles. The van der Waals surface area contributed by atoms with Crippen LogP contribution in [0.3, 0.4) is 0 Å². The molecule has 0 saturated heterocycles. The molecule has 23 heavy (non-hydrogen) atoms. The molecular formula is C17H15BrN4O. The molecule has 0 bridgehead atoms. The van der Waals surface area contributed by atoms with Crippen molar-refractivity contribution in [1.82, 2.24) is 9.97 Å². The summed E-state index contributed by atoms with van der Waals surface area (Å²) < 4.78 is 6.44. The van der Waals surface area contributed by atoms with Crippen molar-refractivity contribution in [2.45, 2.75) is 0 Å². The van der Waals surface area contributed by atoms with Crippen LogP contribution in [0.1, 0.15) is 0 Å². The number of ether oxygens (including phenoxy) is 1. The highest BCUT2D eigenvalue weighted by molar-refractivity contribution is 9.10. The third kappa shape index (κ3) is 2.10. The first-order valence-corrected chi connectivity index (χ1v) is 7.94. The van der Waals surface area contributed by atoms with E-state index in [0.29, 0.717) is 0 Å². The van der Waals surface area contributed by atoms with E-state index in [1.54, 1.807) is 12.1 Å². The van der Waals surface area contributed by atoms with Crippen LogP contribution in [0.4, 0.5) is 11.4 Å². The fourth-order valence-corrected chi connectivity index (χ4v) is 3.39. The van der Waals surface area contributed by atoms with E-state index in [1.165, 1.54) is 0 Å². The van der Waals surface area contributed by atoms with Crippen LogP contribution in [-0.4, -0.2) is 17.1 Å². The second-order valence-corrected chi connectivity index (χ2v) is 6.11. The van der Waals surface area contributed by atoms with E-state index in [2.05, 4.69) is 25.9 Å². The Labute approximate surface area is 141 Å². The normalized spacial score (nSPS) is 11.3. The molecule has 4 rings (SSSR count). The number of benzene rings is 2. The summed E-state index contributed by atoms with van der Waals surface area (Å²) in [6.45, 7) is 0. The molecular weight excluding hydrogens is 356 g/mol. The molecule has 116 valence electrons. The van der Waals surface area contributed by atoms with Crippen molar-refractivity contribution < 1.29 is 4.74 Å². The van der Waals surface area contributed by atoms with Gasteiger partial charge in [-0.05, 0) is 36.4 Å². The lowest BCUT2D eigenvalue weighted by molar-refractivity contribution is 0.420. The van der Waals surface area contributed by atoms with Gasteiger partial charge in [0.15, 0.2) is 0 Å². The zero-order chi connectivity index (χ0) is 16.0. The number of nitrogens with two attached hydrogens (primary N) is 1. The molecule has 2 aromatic heterocycles. The minimum Gasteiger partial charge on any atom is -0.496 e. The number of fused-ring (bicyclic) bond motifs is 2. The van der Waals surface area contributed by atoms with Crippen molar-refractivity contribution in [3.63, 3.8) is 0 Å². The van der Waals surface area contributed by atoms with E-state index in [4.69, 9.17) is 10.6 Å². The zero-order valence-electron chi connectivity index (χ0n) is 12.4. The molecule has 0 saturated carbocycles. The van der Waals surface area contributed by atoms with Crippen LogP contribution in [0, 0.1) is 0 Å². The van der Waals surface area contributed by atoms with E-state index in [0.717, 1.165) is 43.4 Å². The van der Waals surface area contributed by atoms with Gasteiger partial charge in [0, 0.05) is 27.6 Å². The first-order valence-electron chi connectivity index (χ1n) is 7.15. The Bertz CT molecular complexity index is 1000. The zero-order valence-corrected chi connectivity index (χ0v) is 14.0.